The minimum Gasteiger partial charge on any atom is -0.478 e. The van der Waals surface area contributed by atoms with Gasteiger partial charge in [0.05, 0.1) is 11.3 Å². The predicted molar refractivity (Wildman–Crippen MR) is 83.2 cm³/mol. The molecule has 0 aliphatic heterocycles. The highest BCUT2D eigenvalue weighted by Crippen LogP contribution is 2.18. The lowest BCUT2D eigenvalue weighted by molar-refractivity contribution is 0.0696. The zero-order chi connectivity index (χ0) is 16.1. The fraction of sp³-hybridized carbons (Fsp3) is 0. The smallest absolute Gasteiger partial charge is 0.336 e. The second-order valence-electron chi connectivity index (χ2n) is 4.29. The van der Waals surface area contributed by atoms with Crippen molar-refractivity contribution in [3.05, 3.63) is 70.2 Å². The molecule has 0 radical (unpaired) electrons. The Balaban J connectivity index is 2.59. The molecular weight excluding hydrogens is 306 g/mol. The van der Waals surface area contributed by atoms with Gasteiger partial charge >= 0.3 is 12.0 Å². The van der Waals surface area contributed by atoms with Crippen LogP contribution in [0, 0.1) is 0 Å². The predicted octanol–water partition coefficient (Wildman–Crippen LogP) is 2.46. The molecular formula is C15H12ClN3O3. The van der Waals surface area contributed by atoms with E-state index in [4.69, 9.17) is 17.3 Å². The number of halogens is 1. The Morgan fingerprint density at radius 1 is 1.05 bits per heavy atom. The van der Waals surface area contributed by atoms with Crippen LogP contribution in [0.2, 0.25) is 5.02 Å². The van der Waals surface area contributed by atoms with E-state index >= 15 is 0 Å². The minimum atomic E-state index is -1.10. The van der Waals surface area contributed by atoms with Gasteiger partial charge in [0, 0.05) is 16.1 Å². The van der Waals surface area contributed by atoms with Gasteiger partial charge in [0.15, 0.2) is 0 Å². The summed E-state index contributed by atoms with van der Waals surface area (Å²) in [7, 11) is 0. The Labute approximate surface area is 131 Å². The summed E-state index contributed by atoms with van der Waals surface area (Å²) in [6.45, 7) is 0. The number of carbonyl (C=O) groups is 2. The third-order valence-corrected chi connectivity index (χ3v) is 3.06. The number of carboxylic acid groups (broad SMARTS) is 1. The molecule has 2 aromatic carbocycles. The van der Waals surface area contributed by atoms with Crippen LogP contribution in [-0.4, -0.2) is 22.8 Å². The number of amides is 2. The zero-order valence-electron chi connectivity index (χ0n) is 11.3. The number of hydrogen-bond acceptors (Lipinski definition) is 3. The lowest BCUT2D eigenvalue weighted by Crippen LogP contribution is -2.26. The fourth-order valence-electron chi connectivity index (χ4n) is 1.88. The number of carboxylic acids is 1. The fourth-order valence-corrected chi connectivity index (χ4v) is 2.00. The van der Waals surface area contributed by atoms with E-state index < -0.39 is 12.0 Å². The van der Waals surface area contributed by atoms with Gasteiger partial charge in [-0.1, -0.05) is 41.9 Å². The van der Waals surface area contributed by atoms with Crippen LogP contribution in [0.4, 0.5) is 4.79 Å². The number of nitrogens with two attached hydrogens (primary N) is 1. The monoisotopic (exact) mass is 317 g/mol. The van der Waals surface area contributed by atoms with E-state index in [2.05, 4.69) is 10.5 Å². The molecule has 2 rings (SSSR count). The Hall–Kier alpha value is -2.86. The zero-order valence-corrected chi connectivity index (χ0v) is 12.0. The first kappa shape index (κ1) is 15.5. The van der Waals surface area contributed by atoms with Crippen LogP contribution in [0.3, 0.4) is 0 Å². The number of rotatable bonds is 4. The standard InChI is InChI=1S/C15H12ClN3O3/c16-10-7-5-9(6-8-10)13(18-19-15(17)22)11-3-1-2-4-12(11)14(20)21/h1-8H,(H,20,21)(H3,17,19,22)/b18-13+. The molecule has 0 aliphatic carbocycles. The van der Waals surface area contributed by atoms with Crippen molar-refractivity contribution in [1.29, 1.82) is 0 Å². The molecule has 0 fully saturated rings. The van der Waals surface area contributed by atoms with Gasteiger partial charge in [-0.15, -0.1) is 0 Å². The van der Waals surface area contributed by atoms with Gasteiger partial charge in [0.2, 0.25) is 0 Å². The van der Waals surface area contributed by atoms with Crippen LogP contribution in [0.5, 0.6) is 0 Å². The first-order valence-corrected chi connectivity index (χ1v) is 6.58. The molecule has 0 saturated carbocycles. The number of hydrazone groups is 1. The van der Waals surface area contributed by atoms with E-state index in [0.717, 1.165) is 0 Å². The van der Waals surface area contributed by atoms with Crippen molar-refractivity contribution in [2.45, 2.75) is 0 Å². The number of carbonyl (C=O) groups excluding carboxylic acids is 1. The Morgan fingerprint density at radius 2 is 1.64 bits per heavy atom. The van der Waals surface area contributed by atoms with Gasteiger partial charge in [-0.05, 0) is 18.2 Å². The third-order valence-electron chi connectivity index (χ3n) is 2.81. The number of aromatic carboxylic acids is 1. The lowest BCUT2D eigenvalue weighted by atomic mass is 9.97. The van der Waals surface area contributed by atoms with Crippen LogP contribution < -0.4 is 11.2 Å². The maximum Gasteiger partial charge on any atom is 0.336 e. The van der Waals surface area contributed by atoms with Gasteiger partial charge in [-0.3, -0.25) is 0 Å². The van der Waals surface area contributed by atoms with Gasteiger partial charge < -0.3 is 10.8 Å². The van der Waals surface area contributed by atoms with E-state index in [0.29, 0.717) is 16.1 Å². The highest BCUT2D eigenvalue weighted by atomic mass is 35.5. The van der Waals surface area contributed by atoms with E-state index in [1.54, 1.807) is 42.5 Å². The van der Waals surface area contributed by atoms with Crippen LogP contribution in [0.1, 0.15) is 21.5 Å². The average molecular weight is 318 g/mol. The molecule has 0 atom stereocenters. The summed E-state index contributed by atoms with van der Waals surface area (Å²) in [5.41, 5.74) is 8.42. The van der Waals surface area contributed by atoms with Gasteiger partial charge in [0.1, 0.15) is 0 Å². The third kappa shape index (κ3) is 3.62. The topological polar surface area (TPSA) is 105 Å². The van der Waals surface area contributed by atoms with E-state index in [-0.39, 0.29) is 11.3 Å². The van der Waals surface area contributed by atoms with E-state index in [1.807, 2.05) is 0 Å². The molecule has 22 heavy (non-hydrogen) atoms. The van der Waals surface area contributed by atoms with Crippen molar-refractivity contribution in [2.24, 2.45) is 10.8 Å². The summed E-state index contributed by atoms with van der Waals surface area (Å²) in [6.07, 6.45) is 0. The summed E-state index contributed by atoms with van der Waals surface area (Å²) < 4.78 is 0. The molecule has 0 bridgehead atoms. The molecule has 0 aliphatic rings. The lowest BCUT2D eigenvalue weighted by Gasteiger charge is -2.10. The first-order chi connectivity index (χ1) is 10.5. The Morgan fingerprint density at radius 3 is 2.18 bits per heavy atom. The van der Waals surface area contributed by atoms with E-state index in [9.17, 15) is 14.7 Å². The summed E-state index contributed by atoms with van der Waals surface area (Å²) >= 11 is 5.85. The summed E-state index contributed by atoms with van der Waals surface area (Å²) in [4.78, 5) is 22.3. The molecule has 0 unspecified atom stereocenters. The van der Waals surface area contributed by atoms with Gasteiger partial charge in [0.25, 0.3) is 0 Å². The summed E-state index contributed by atoms with van der Waals surface area (Å²) in [6, 6.07) is 12.1. The molecule has 112 valence electrons. The highest BCUT2D eigenvalue weighted by molar-refractivity contribution is 6.30. The number of primary amides is 1. The van der Waals surface area contributed by atoms with Crippen LogP contribution in [0.25, 0.3) is 0 Å². The molecule has 4 N–H and O–H groups in total. The Bertz CT molecular complexity index is 742. The maximum atomic E-state index is 11.4. The summed E-state index contributed by atoms with van der Waals surface area (Å²) in [5, 5.41) is 13.7. The maximum absolute atomic E-state index is 11.4. The molecule has 0 spiro atoms. The molecule has 2 amide bonds. The van der Waals surface area contributed by atoms with Crippen molar-refractivity contribution in [3.8, 4) is 0 Å². The molecule has 6 nitrogen and oxygen atoms in total. The molecule has 7 heteroatoms. The minimum absolute atomic E-state index is 0.0578. The normalized spacial score (nSPS) is 11.0. The van der Waals surface area contributed by atoms with Crippen LogP contribution in [-0.2, 0) is 0 Å². The van der Waals surface area contributed by atoms with Crippen LogP contribution >= 0.6 is 11.6 Å². The molecule has 0 saturated heterocycles. The highest BCUT2D eigenvalue weighted by Gasteiger charge is 2.16. The largest absolute Gasteiger partial charge is 0.478 e. The van der Waals surface area contributed by atoms with Gasteiger partial charge in [-0.2, -0.15) is 5.10 Å². The quantitative estimate of drug-likeness (QED) is 0.595. The summed E-state index contributed by atoms with van der Waals surface area (Å²) in [5.74, 6) is -1.10. The number of nitrogens with one attached hydrogen (secondary N) is 1. The first-order valence-electron chi connectivity index (χ1n) is 6.21. The van der Waals surface area contributed by atoms with Crippen LogP contribution in [0.15, 0.2) is 53.6 Å². The van der Waals surface area contributed by atoms with Crippen molar-refractivity contribution >= 4 is 29.3 Å². The number of benzene rings is 2. The average Bonchev–Trinajstić information content (AvgIpc) is 2.49. The van der Waals surface area contributed by atoms with Crippen molar-refractivity contribution in [1.82, 2.24) is 5.43 Å². The number of urea groups is 1. The van der Waals surface area contributed by atoms with E-state index in [1.165, 1.54) is 6.07 Å². The Kier molecular flexibility index (Phi) is 4.75. The SMILES string of the molecule is NC(=O)N/N=C(\c1ccc(Cl)cc1)c1ccccc1C(=O)O. The molecule has 0 aromatic heterocycles. The van der Waals surface area contributed by atoms with Crippen molar-refractivity contribution < 1.29 is 14.7 Å². The van der Waals surface area contributed by atoms with Gasteiger partial charge in [-0.25, -0.2) is 15.0 Å². The number of hydrogen-bond donors (Lipinski definition) is 3. The van der Waals surface area contributed by atoms with Crippen molar-refractivity contribution in [2.75, 3.05) is 0 Å². The van der Waals surface area contributed by atoms with Crippen molar-refractivity contribution in [3.63, 3.8) is 0 Å². The second kappa shape index (κ2) is 6.73. The molecule has 0 heterocycles. The molecule has 2 aromatic rings. The second-order valence-corrected chi connectivity index (χ2v) is 4.73. The number of nitrogens with zero attached hydrogens (tertiary/aromatic N) is 1.